The lowest BCUT2D eigenvalue weighted by atomic mass is 9.73. The van der Waals surface area contributed by atoms with Crippen molar-refractivity contribution in [3.05, 3.63) is 0 Å². The minimum Gasteiger partial charge on any atom is -0.340 e. The zero-order valence-corrected chi connectivity index (χ0v) is 11.9. The van der Waals surface area contributed by atoms with Crippen LogP contribution in [0.15, 0.2) is 0 Å². The van der Waals surface area contributed by atoms with Gasteiger partial charge < -0.3 is 10.6 Å². The van der Waals surface area contributed by atoms with Gasteiger partial charge in [0.1, 0.15) is 0 Å². The van der Waals surface area contributed by atoms with Crippen LogP contribution in [0.3, 0.4) is 0 Å². The van der Waals surface area contributed by atoms with E-state index < -0.39 is 0 Å². The number of piperazine rings is 1. The van der Waals surface area contributed by atoms with Crippen molar-refractivity contribution < 1.29 is 4.79 Å². The molecule has 1 heterocycles. The summed E-state index contributed by atoms with van der Waals surface area (Å²) in [6.07, 6.45) is 8.35. The van der Waals surface area contributed by atoms with Crippen molar-refractivity contribution in [1.29, 1.82) is 0 Å². The first-order valence-corrected chi connectivity index (χ1v) is 7.99. The zero-order chi connectivity index (χ0) is 13.3. The summed E-state index contributed by atoms with van der Waals surface area (Å²) in [5.74, 6) is 0.352. The highest BCUT2D eigenvalue weighted by molar-refractivity contribution is 5.83. The number of carbonyl (C=O) groups excluding carboxylic acids is 1. The lowest BCUT2D eigenvalue weighted by molar-refractivity contribution is -0.145. The predicted octanol–water partition coefficient (Wildman–Crippen LogP) is 1.20. The molecule has 1 aliphatic heterocycles. The summed E-state index contributed by atoms with van der Waals surface area (Å²) in [5, 5.41) is 0. The van der Waals surface area contributed by atoms with Crippen LogP contribution in [0, 0.1) is 5.41 Å². The molecule has 0 radical (unpaired) electrons. The maximum absolute atomic E-state index is 12.8. The Morgan fingerprint density at radius 2 is 1.68 bits per heavy atom. The fraction of sp³-hybridized carbons (Fsp3) is 0.933. The third-order valence-electron chi connectivity index (χ3n) is 5.32. The average molecular weight is 265 g/mol. The molecule has 0 atom stereocenters. The third-order valence-corrected chi connectivity index (χ3v) is 5.32. The van der Waals surface area contributed by atoms with Crippen molar-refractivity contribution in [2.75, 3.05) is 32.7 Å². The van der Waals surface area contributed by atoms with E-state index in [2.05, 4.69) is 9.80 Å². The molecule has 0 aromatic carbocycles. The molecule has 3 aliphatic rings. The molecule has 0 unspecified atom stereocenters. The summed E-state index contributed by atoms with van der Waals surface area (Å²) >= 11 is 0. The molecule has 0 bridgehead atoms. The fourth-order valence-corrected chi connectivity index (χ4v) is 3.80. The van der Waals surface area contributed by atoms with Crippen molar-refractivity contribution >= 4 is 5.91 Å². The van der Waals surface area contributed by atoms with E-state index in [0.29, 0.717) is 12.5 Å². The Hall–Kier alpha value is -0.610. The van der Waals surface area contributed by atoms with Crippen LogP contribution >= 0.6 is 0 Å². The summed E-state index contributed by atoms with van der Waals surface area (Å²) in [4.78, 5) is 17.5. The van der Waals surface area contributed by atoms with E-state index in [-0.39, 0.29) is 5.41 Å². The smallest absolute Gasteiger partial charge is 0.230 e. The Kier molecular flexibility index (Phi) is 3.81. The van der Waals surface area contributed by atoms with E-state index in [1.807, 2.05) is 0 Å². The van der Waals surface area contributed by atoms with Gasteiger partial charge in [-0.25, -0.2) is 0 Å². The van der Waals surface area contributed by atoms with Crippen LogP contribution in [-0.4, -0.2) is 54.5 Å². The van der Waals surface area contributed by atoms with Crippen LogP contribution in [-0.2, 0) is 4.79 Å². The summed E-state index contributed by atoms with van der Waals surface area (Å²) in [6, 6.07) is 0.829. The van der Waals surface area contributed by atoms with Crippen LogP contribution in [0.4, 0.5) is 0 Å². The maximum atomic E-state index is 12.8. The van der Waals surface area contributed by atoms with Crippen molar-refractivity contribution in [1.82, 2.24) is 9.80 Å². The van der Waals surface area contributed by atoms with Gasteiger partial charge in [0.25, 0.3) is 0 Å². The summed E-state index contributed by atoms with van der Waals surface area (Å²) in [7, 11) is 0. The van der Waals surface area contributed by atoms with Gasteiger partial charge in [-0.15, -0.1) is 0 Å². The molecule has 0 aromatic rings. The van der Waals surface area contributed by atoms with E-state index in [0.717, 1.165) is 45.1 Å². The molecule has 2 aliphatic carbocycles. The summed E-state index contributed by atoms with van der Waals surface area (Å²) < 4.78 is 0. The van der Waals surface area contributed by atoms with Gasteiger partial charge in [-0.1, -0.05) is 19.3 Å². The quantitative estimate of drug-likeness (QED) is 0.834. The second kappa shape index (κ2) is 5.41. The maximum Gasteiger partial charge on any atom is 0.230 e. The number of nitrogens with two attached hydrogens (primary N) is 1. The number of nitrogens with zero attached hydrogens (tertiary/aromatic N) is 2. The number of hydrogen-bond acceptors (Lipinski definition) is 3. The van der Waals surface area contributed by atoms with E-state index in [9.17, 15) is 4.79 Å². The molecule has 1 saturated heterocycles. The largest absolute Gasteiger partial charge is 0.340 e. The van der Waals surface area contributed by atoms with Gasteiger partial charge in [0.2, 0.25) is 5.91 Å². The summed E-state index contributed by atoms with van der Waals surface area (Å²) in [5.41, 5.74) is 5.75. The number of carbonyl (C=O) groups is 1. The molecule has 2 saturated carbocycles. The molecule has 4 heteroatoms. The highest BCUT2D eigenvalue weighted by atomic mass is 16.2. The highest BCUT2D eigenvalue weighted by Gasteiger charge is 2.42. The van der Waals surface area contributed by atoms with Crippen LogP contribution < -0.4 is 5.73 Å². The van der Waals surface area contributed by atoms with Gasteiger partial charge in [-0.2, -0.15) is 0 Å². The molecular formula is C15H27N3O. The van der Waals surface area contributed by atoms with E-state index >= 15 is 0 Å². The Morgan fingerprint density at radius 3 is 2.21 bits per heavy atom. The number of hydrogen-bond donors (Lipinski definition) is 1. The number of amides is 1. The molecular weight excluding hydrogens is 238 g/mol. The molecule has 0 spiro atoms. The van der Waals surface area contributed by atoms with Crippen LogP contribution in [0.1, 0.15) is 44.9 Å². The molecule has 2 N–H and O–H groups in total. The molecule has 0 aromatic heterocycles. The van der Waals surface area contributed by atoms with Gasteiger partial charge >= 0.3 is 0 Å². The molecule has 3 rings (SSSR count). The van der Waals surface area contributed by atoms with E-state index in [1.54, 1.807) is 0 Å². The van der Waals surface area contributed by atoms with Crippen molar-refractivity contribution in [3.8, 4) is 0 Å². The average Bonchev–Trinajstić information content (AvgIpc) is 3.32. The third kappa shape index (κ3) is 2.65. The lowest BCUT2D eigenvalue weighted by Gasteiger charge is -2.42. The molecule has 19 heavy (non-hydrogen) atoms. The van der Waals surface area contributed by atoms with Crippen molar-refractivity contribution in [2.24, 2.45) is 11.1 Å². The van der Waals surface area contributed by atoms with Crippen LogP contribution in [0.2, 0.25) is 0 Å². The SMILES string of the molecule is NCC1(C(=O)N2CCN(C3CC3)CC2)CCCCC1. The lowest BCUT2D eigenvalue weighted by Crippen LogP contribution is -2.55. The van der Waals surface area contributed by atoms with E-state index in [4.69, 9.17) is 5.73 Å². The second-order valence-electron chi connectivity index (χ2n) is 6.60. The van der Waals surface area contributed by atoms with Gasteiger partial charge in [-0.05, 0) is 25.7 Å². The minimum absolute atomic E-state index is 0.222. The van der Waals surface area contributed by atoms with Gasteiger partial charge in [0, 0.05) is 38.8 Å². The van der Waals surface area contributed by atoms with Gasteiger partial charge in [0.15, 0.2) is 0 Å². The standard InChI is InChI=1S/C15H27N3O/c16-12-15(6-2-1-3-7-15)14(19)18-10-8-17(9-11-18)13-4-5-13/h13H,1-12,16H2. The van der Waals surface area contributed by atoms with Gasteiger partial charge in [-0.3, -0.25) is 9.69 Å². The Bertz CT molecular complexity index is 326. The Labute approximate surface area is 116 Å². The monoisotopic (exact) mass is 265 g/mol. The van der Waals surface area contributed by atoms with Gasteiger partial charge in [0.05, 0.1) is 5.41 Å². The summed E-state index contributed by atoms with van der Waals surface area (Å²) in [6.45, 7) is 4.50. The molecule has 4 nitrogen and oxygen atoms in total. The molecule has 3 fully saturated rings. The normalized spacial score (nSPS) is 28.4. The highest BCUT2D eigenvalue weighted by Crippen LogP contribution is 2.37. The molecule has 108 valence electrons. The van der Waals surface area contributed by atoms with E-state index in [1.165, 1.54) is 32.1 Å². The second-order valence-corrected chi connectivity index (χ2v) is 6.60. The van der Waals surface area contributed by atoms with Crippen molar-refractivity contribution in [2.45, 2.75) is 51.0 Å². The topological polar surface area (TPSA) is 49.6 Å². The van der Waals surface area contributed by atoms with Crippen LogP contribution in [0.25, 0.3) is 0 Å². The zero-order valence-electron chi connectivity index (χ0n) is 11.9. The predicted molar refractivity (Wildman–Crippen MR) is 75.7 cm³/mol. The minimum atomic E-state index is -0.222. The fourth-order valence-electron chi connectivity index (χ4n) is 3.80. The number of rotatable bonds is 3. The Morgan fingerprint density at radius 1 is 1.05 bits per heavy atom. The Balaban J connectivity index is 1.59. The molecule has 1 amide bonds. The first kappa shape index (κ1) is 13.4. The first-order chi connectivity index (χ1) is 9.25. The van der Waals surface area contributed by atoms with Crippen LogP contribution in [0.5, 0.6) is 0 Å². The van der Waals surface area contributed by atoms with Crippen molar-refractivity contribution in [3.63, 3.8) is 0 Å². The first-order valence-electron chi connectivity index (χ1n) is 7.99.